The van der Waals surface area contributed by atoms with E-state index in [1.54, 1.807) is 0 Å². The van der Waals surface area contributed by atoms with Gasteiger partial charge in [0.05, 0.1) is 12.1 Å². The molecule has 96 valence electrons. The fourth-order valence-corrected chi connectivity index (χ4v) is 3.71. The lowest BCUT2D eigenvalue weighted by Gasteiger charge is -2.26. The van der Waals surface area contributed by atoms with Crippen molar-refractivity contribution in [2.45, 2.75) is 31.0 Å². The van der Waals surface area contributed by atoms with Gasteiger partial charge in [-0.3, -0.25) is 5.32 Å². The van der Waals surface area contributed by atoms with E-state index in [0.717, 1.165) is 12.0 Å². The molecule has 2 aromatic rings. The normalized spacial score (nSPS) is 31.5. The molecule has 2 aromatic carbocycles. The predicted molar refractivity (Wildman–Crippen MR) is 74.8 cm³/mol. The number of benzene rings is 2. The van der Waals surface area contributed by atoms with Gasteiger partial charge < -0.3 is 5.11 Å². The van der Waals surface area contributed by atoms with Crippen LogP contribution in [0, 0.1) is 0 Å². The third kappa shape index (κ3) is 1.44. The number of rotatable bonds is 0. The van der Waals surface area contributed by atoms with Crippen molar-refractivity contribution in [3.63, 3.8) is 0 Å². The van der Waals surface area contributed by atoms with Crippen molar-refractivity contribution in [3.05, 3.63) is 70.8 Å². The summed E-state index contributed by atoms with van der Waals surface area (Å²) in [7, 11) is 0. The molecule has 2 heterocycles. The van der Waals surface area contributed by atoms with Crippen molar-refractivity contribution in [1.82, 2.24) is 5.32 Å². The summed E-state index contributed by atoms with van der Waals surface area (Å²) in [4.78, 5) is 0. The van der Waals surface area contributed by atoms with Gasteiger partial charge in [-0.15, -0.1) is 0 Å². The van der Waals surface area contributed by atoms with E-state index >= 15 is 0 Å². The Labute approximate surface area is 113 Å². The van der Waals surface area contributed by atoms with Crippen LogP contribution in [0.4, 0.5) is 0 Å². The van der Waals surface area contributed by atoms with Gasteiger partial charge in [-0.25, -0.2) is 0 Å². The molecule has 0 aliphatic carbocycles. The van der Waals surface area contributed by atoms with E-state index in [1.165, 1.54) is 16.7 Å². The molecular formula is C17H17NO. The Morgan fingerprint density at radius 2 is 1.74 bits per heavy atom. The second-order valence-corrected chi connectivity index (χ2v) is 5.86. The smallest absolute Gasteiger partial charge is 0.0987 e. The molecule has 0 amide bonds. The summed E-state index contributed by atoms with van der Waals surface area (Å²) in [5.41, 5.74) is 4.82. The number of aliphatic hydroxyl groups excluding tert-OH is 1. The Morgan fingerprint density at radius 3 is 2.58 bits per heavy atom. The molecule has 2 N–H and O–H groups in total. The summed E-state index contributed by atoms with van der Waals surface area (Å²) in [6, 6.07) is 16.7. The summed E-state index contributed by atoms with van der Waals surface area (Å²) in [6.07, 6.45) is 0.454. The number of hydrogen-bond donors (Lipinski definition) is 2. The number of aliphatic hydroxyl groups is 1. The van der Waals surface area contributed by atoms with Crippen LogP contribution < -0.4 is 5.32 Å². The van der Waals surface area contributed by atoms with Gasteiger partial charge in [0, 0.05) is 5.54 Å². The lowest BCUT2D eigenvalue weighted by Crippen LogP contribution is -2.36. The van der Waals surface area contributed by atoms with E-state index in [2.05, 4.69) is 48.6 Å². The predicted octanol–water partition coefficient (Wildman–Crippen LogP) is 2.84. The van der Waals surface area contributed by atoms with Crippen LogP contribution in [-0.4, -0.2) is 5.11 Å². The quantitative estimate of drug-likeness (QED) is 0.754. The van der Waals surface area contributed by atoms with Gasteiger partial charge in [0.25, 0.3) is 0 Å². The van der Waals surface area contributed by atoms with Crippen molar-refractivity contribution in [1.29, 1.82) is 0 Å². The van der Waals surface area contributed by atoms with Crippen molar-refractivity contribution >= 4 is 0 Å². The van der Waals surface area contributed by atoms with Crippen LogP contribution in [0.1, 0.15) is 41.3 Å². The average molecular weight is 251 g/mol. The summed E-state index contributed by atoms with van der Waals surface area (Å²) in [6.45, 7) is 2.24. The van der Waals surface area contributed by atoms with Crippen molar-refractivity contribution in [2.75, 3.05) is 0 Å². The zero-order valence-electron chi connectivity index (χ0n) is 10.9. The van der Waals surface area contributed by atoms with Gasteiger partial charge in [0.2, 0.25) is 0 Å². The van der Waals surface area contributed by atoms with E-state index in [1.807, 2.05) is 12.1 Å². The fraction of sp³-hybridized carbons (Fsp3) is 0.294. The second-order valence-electron chi connectivity index (χ2n) is 5.86. The maximum absolute atomic E-state index is 10.7. The first kappa shape index (κ1) is 11.2. The van der Waals surface area contributed by atoms with Crippen LogP contribution >= 0.6 is 0 Å². The Morgan fingerprint density at radius 1 is 1.05 bits per heavy atom. The summed E-state index contributed by atoms with van der Waals surface area (Å²) in [5, 5.41) is 14.4. The molecule has 2 aliphatic heterocycles. The molecule has 2 aliphatic rings. The Kier molecular flexibility index (Phi) is 2.17. The molecule has 2 bridgehead atoms. The van der Waals surface area contributed by atoms with E-state index in [4.69, 9.17) is 0 Å². The largest absolute Gasteiger partial charge is 0.386 e. The van der Waals surface area contributed by atoms with E-state index in [0.29, 0.717) is 0 Å². The van der Waals surface area contributed by atoms with Gasteiger partial charge in [0.1, 0.15) is 0 Å². The maximum Gasteiger partial charge on any atom is 0.0987 e. The lowest BCUT2D eigenvalue weighted by molar-refractivity contribution is 0.126. The minimum absolute atomic E-state index is 0.00449. The average Bonchev–Trinajstić information content (AvgIpc) is 2.66. The van der Waals surface area contributed by atoms with Gasteiger partial charge in [-0.1, -0.05) is 48.5 Å². The van der Waals surface area contributed by atoms with Crippen LogP contribution in [-0.2, 0) is 12.0 Å². The molecule has 0 saturated carbocycles. The molecule has 0 radical (unpaired) electrons. The molecule has 2 heteroatoms. The highest BCUT2D eigenvalue weighted by atomic mass is 16.3. The molecule has 0 aromatic heterocycles. The molecular weight excluding hydrogens is 234 g/mol. The first-order valence-electron chi connectivity index (χ1n) is 6.82. The monoisotopic (exact) mass is 251 g/mol. The van der Waals surface area contributed by atoms with E-state index < -0.39 is 6.10 Å². The van der Waals surface area contributed by atoms with Crippen LogP contribution in [0.15, 0.2) is 48.5 Å². The van der Waals surface area contributed by atoms with Crippen LogP contribution in [0.5, 0.6) is 0 Å². The van der Waals surface area contributed by atoms with Gasteiger partial charge in [-0.05, 0) is 35.6 Å². The molecule has 0 fully saturated rings. The molecule has 4 rings (SSSR count). The van der Waals surface area contributed by atoms with Gasteiger partial charge in [0.15, 0.2) is 0 Å². The Bertz CT molecular complexity index is 651. The number of nitrogens with one attached hydrogen (secondary N) is 1. The Hall–Kier alpha value is -1.64. The zero-order valence-corrected chi connectivity index (χ0v) is 10.9. The second kappa shape index (κ2) is 3.69. The SMILES string of the molecule is CC12Cc3ccccc3C(O)C(N1)c1ccccc12. The molecule has 3 unspecified atom stereocenters. The lowest BCUT2D eigenvalue weighted by atomic mass is 9.81. The molecule has 0 saturated heterocycles. The van der Waals surface area contributed by atoms with Crippen LogP contribution in [0.3, 0.4) is 0 Å². The standard InChI is InChI=1S/C17H17NO/c1-17-10-11-6-2-3-7-12(11)16(19)15(18-17)13-8-4-5-9-14(13)17/h2-9,15-16,18-19H,10H2,1H3. The van der Waals surface area contributed by atoms with Gasteiger partial charge in [-0.2, -0.15) is 0 Å². The topological polar surface area (TPSA) is 32.3 Å². The number of fused-ring (bicyclic) bond motifs is 6. The van der Waals surface area contributed by atoms with Crippen molar-refractivity contribution in [2.24, 2.45) is 0 Å². The van der Waals surface area contributed by atoms with Crippen LogP contribution in [0.2, 0.25) is 0 Å². The maximum atomic E-state index is 10.7. The highest BCUT2D eigenvalue weighted by molar-refractivity contribution is 5.47. The highest BCUT2D eigenvalue weighted by Gasteiger charge is 2.45. The Balaban J connectivity index is 1.96. The first-order valence-corrected chi connectivity index (χ1v) is 6.82. The van der Waals surface area contributed by atoms with Crippen molar-refractivity contribution < 1.29 is 5.11 Å². The van der Waals surface area contributed by atoms with E-state index in [9.17, 15) is 5.11 Å². The summed E-state index contributed by atoms with van der Waals surface area (Å²) >= 11 is 0. The van der Waals surface area contributed by atoms with Crippen molar-refractivity contribution in [3.8, 4) is 0 Å². The van der Waals surface area contributed by atoms with Crippen LogP contribution in [0.25, 0.3) is 0 Å². The minimum Gasteiger partial charge on any atom is -0.386 e. The molecule has 19 heavy (non-hydrogen) atoms. The number of hydrogen-bond acceptors (Lipinski definition) is 2. The molecule has 2 nitrogen and oxygen atoms in total. The highest BCUT2D eigenvalue weighted by Crippen LogP contribution is 2.48. The summed E-state index contributed by atoms with van der Waals surface area (Å²) < 4.78 is 0. The summed E-state index contributed by atoms with van der Waals surface area (Å²) in [5.74, 6) is 0. The third-order valence-electron chi connectivity index (χ3n) is 4.60. The van der Waals surface area contributed by atoms with Gasteiger partial charge >= 0.3 is 0 Å². The molecule has 3 atom stereocenters. The third-order valence-corrected chi connectivity index (χ3v) is 4.60. The van der Waals surface area contributed by atoms with E-state index in [-0.39, 0.29) is 11.6 Å². The fourth-order valence-electron chi connectivity index (χ4n) is 3.71. The molecule has 0 spiro atoms. The minimum atomic E-state index is -0.471. The first-order chi connectivity index (χ1) is 9.19. The zero-order chi connectivity index (χ0) is 13.0.